The molecular weight excluding hydrogens is 289 g/mol. The number of ether oxygens (including phenoxy) is 3. The van der Waals surface area contributed by atoms with E-state index < -0.39 is 5.82 Å². The predicted molar refractivity (Wildman–Crippen MR) is 81.6 cm³/mol. The molecule has 0 unspecified atom stereocenters. The Balaban J connectivity index is 0.00000116. The van der Waals surface area contributed by atoms with Crippen molar-refractivity contribution in [1.82, 2.24) is 9.97 Å². The van der Waals surface area contributed by atoms with Crippen LogP contribution in [-0.2, 0) is 6.61 Å². The molecule has 0 fully saturated rings. The first-order chi connectivity index (χ1) is 10.6. The number of aromatic nitrogens is 2. The van der Waals surface area contributed by atoms with E-state index in [2.05, 4.69) is 9.97 Å². The van der Waals surface area contributed by atoms with Gasteiger partial charge in [0.2, 0.25) is 0 Å². The number of rotatable bonds is 5. The molecule has 0 aliphatic heterocycles. The summed E-state index contributed by atoms with van der Waals surface area (Å²) in [5, 5.41) is 0. The minimum absolute atomic E-state index is 0.0127. The molecule has 0 saturated heterocycles. The molecule has 0 amide bonds. The van der Waals surface area contributed by atoms with Gasteiger partial charge < -0.3 is 19.9 Å². The lowest BCUT2D eigenvalue weighted by molar-refractivity contribution is 0.278. The van der Waals surface area contributed by atoms with Crippen LogP contribution in [0.4, 0.5) is 10.2 Å². The maximum atomic E-state index is 12.9. The zero-order valence-corrected chi connectivity index (χ0v) is 13.1. The molecule has 0 spiro atoms. The highest BCUT2D eigenvalue weighted by Gasteiger charge is 2.07. The molecule has 6 nitrogen and oxygen atoms in total. The van der Waals surface area contributed by atoms with E-state index >= 15 is 0 Å². The molecule has 0 saturated carbocycles. The zero-order valence-electron chi connectivity index (χ0n) is 13.1. The van der Waals surface area contributed by atoms with Gasteiger partial charge in [-0.05, 0) is 17.7 Å². The van der Waals surface area contributed by atoms with E-state index in [4.69, 9.17) is 19.9 Å². The fraction of sp³-hybridized carbons (Fsp3) is 0.333. The quantitative estimate of drug-likeness (QED) is 0.915. The first kappa shape index (κ1) is 17.5. The molecule has 2 aromatic rings. The van der Waals surface area contributed by atoms with E-state index in [1.54, 1.807) is 26.4 Å². The summed E-state index contributed by atoms with van der Waals surface area (Å²) in [7, 11) is 3.11. The van der Waals surface area contributed by atoms with Crippen LogP contribution in [-0.4, -0.2) is 24.2 Å². The highest BCUT2D eigenvalue weighted by atomic mass is 19.1. The topological polar surface area (TPSA) is 79.5 Å². The summed E-state index contributed by atoms with van der Waals surface area (Å²) in [4.78, 5) is 7.36. The number of hydrogen-bond donors (Lipinski definition) is 1. The van der Waals surface area contributed by atoms with Gasteiger partial charge in [-0.25, -0.2) is 9.37 Å². The van der Waals surface area contributed by atoms with Gasteiger partial charge in [0.15, 0.2) is 23.1 Å². The fourth-order valence-electron chi connectivity index (χ4n) is 1.55. The molecule has 120 valence electrons. The Bertz CT molecular complexity index is 609. The molecule has 1 aromatic heterocycles. The van der Waals surface area contributed by atoms with Gasteiger partial charge in [0.05, 0.1) is 20.4 Å². The molecule has 22 heavy (non-hydrogen) atoms. The van der Waals surface area contributed by atoms with Crippen molar-refractivity contribution in [1.29, 1.82) is 0 Å². The van der Waals surface area contributed by atoms with Crippen LogP contribution in [0.1, 0.15) is 19.4 Å². The number of nitrogens with zero attached hydrogens (tertiary/aromatic N) is 2. The summed E-state index contributed by atoms with van der Waals surface area (Å²) in [5.74, 6) is 0.289. The average Bonchev–Trinajstić information content (AvgIpc) is 2.57. The minimum Gasteiger partial charge on any atom is -0.493 e. The minimum atomic E-state index is -0.677. The summed E-state index contributed by atoms with van der Waals surface area (Å²) in [6, 6.07) is 5.36. The van der Waals surface area contributed by atoms with E-state index in [1.807, 2.05) is 19.9 Å². The van der Waals surface area contributed by atoms with Crippen molar-refractivity contribution in [3.8, 4) is 17.5 Å². The van der Waals surface area contributed by atoms with Crippen LogP contribution in [0.2, 0.25) is 0 Å². The Morgan fingerprint density at radius 1 is 1.14 bits per heavy atom. The molecule has 2 N–H and O–H groups in total. The van der Waals surface area contributed by atoms with Crippen LogP contribution in [0, 0.1) is 5.82 Å². The Morgan fingerprint density at radius 3 is 2.41 bits per heavy atom. The normalized spacial score (nSPS) is 9.50. The number of halogens is 1. The van der Waals surface area contributed by atoms with Crippen molar-refractivity contribution in [3.63, 3.8) is 0 Å². The summed E-state index contributed by atoms with van der Waals surface area (Å²) < 4.78 is 28.6. The standard InChI is InChI=1S/C13H14FN3O3.C2H6/c1-18-10-4-3-8(5-11(10)19-2)7-20-13-16-6-9(14)12(15)17-13;1-2/h3-6H,7H2,1-2H3,(H2,15,16,17);1-2H3. The third-order valence-corrected chi connectivity index (χ3v) is 2.57. The number of anilines is 1. The number of methoxy groups -OCH3 is 2. The molecule has 1 heterocycles. The van der Waals surface area contributed by atoms with Gasteiger partial charge in [-0.2, -0.15) is 4.98 Å². The van der Waals surface area contributed by atoms with Gasteiger partial charge >= 0.3 is 6.01 Å². The lowest BCUT2D eigenvalue weighted by atomic mass is 10.2. The Kier molecular flexibility index (Phi) is 6.88. The second-order valence-corrected chi connectivity index (χ2v) is 3.86. The van der Waals surface area contributed by atoms with Crippen molar-refractivity contribution >= 4 is 5.82 Å². The Labute approximate surface area is 129 Å². The zero-order chi connectivity index (χ0) is 16.5. The van der Waals surface area contributed by atoms with Crippen molar-refractivity contribution < 1.29 is 18.6 Å². The molecule has 2 rings (SSSR count). The lowest BCUT2D eigenvalue weighted by Crippen LogP contribution is -2.03. The third-order valence-electron chi connectivity index (χ3n) is 2.57. The summed E-state index contributed by atoms with van der Waals surface area (Å²) >= 11 is 0. The number of benzene rings is 1. The Hall–Kier alpha value is -2.57. The molecular formula is C15H20FN3O3. The highest BCUT2D eigenvalue weighted by molar-refractivity contribution is 5.42. The molecule has 0 aliphatic carbocycles. The van der Waals surface area contributed by atoms with Crippen LogP contribution in [0.25, 0.3) is 0 Å². The molecule has 0 bridgehead atoms. The molecule has 0 radical (unpaired) electrons. The Morgan fingerprint density at radius 2 is 1.82 bits per heavy atom. The summed E-state index contributed by atoms with van der Waals surface area (Å²) in [6.45, 7) is 4.20. The maximum absolute atomic E-state index is 12.9. The van der Waals surface area contributed by atoms with Crippen LogP contribution in [0.5, 0.6) is 17.5 Å². The number of nitrogens with two attached hydrogens (primary N) is 1. The molecule has 0 aliphatic rings. The van der Waals surface area contributed by atoms with Crippen molar-refractivity contribution in [2.45, 2.75) is 20.5 Å². The van der Waals surface area contributed by atoms with Crippen LogP contribution >= 0.6 is 0 Å². The molecule has 1 aromatic carbocycles. The van der Waals surface area contributed by atoms with E-state index in [1.165, 1.54) is 0 Å². The van der Waals surface area contributed by atoms with E-state index in [9.17, 15) is 4.39 Å². The molecule has 7 heteroatoms. The van der Waals surface area contributed by atoms with Gasteiger partial charge in [0.1, 0.15) is 6.61 Å². The monoisotopic (exact) mass is 309 g/mol. The largest absolute Gasteiger partial charge is 0.493 e. The molecule has 0 atom stereocenters. The number of hydrogen-bond acceptors (Lipinski definition) is 6. The number of nitrogen functional groups attached to an aromatic ring is 1. The lowest BCUT2D eigenvalue weighted by Gasteiger charge is -2.10. The highest BCUT2D eigenvalue weighted by Crippen LogP contribution is 2.27. The van der Waals surface area contributed by atoms with Gasteiger partial charge in [-0.1, -0.05) is 19.9 Å². The van der Waals surface area contributed by atoms with Crippen LogP contribution < -0.4 is 19.9 Å². The van der Waals surface area contributed by atoms with E-state index in [0.29, 0.717) is 11.5 Å². The van der Waals surface area contributed by atoms with Crippen LogP contribution in [0.3, 0.4) is 0 Å². The van der Waals surface area contributed by atoms with Gasteiger partial charge in [-0.15, -0.1) is 0 Å². The SMILES string of the molecule is CC.COc1ccc(COc2ncc(F)c(N)n2)cc1OC. The third kappa shape index (κ3) is 4.47. The van der Waals surface area contributed by atoms with Crippen molar-refractivity contribution in [2.24, 2.45) is 0 Å². The van der Waals surface area contributed by atoms with Gasteiger partial charge in [0, 0.05) is 0 Å². The van der Waals surface area contributed by atoms with Gasteiger partial charge in [-0.3, -0.25) is 0 Å². The summed E-state index contributed by atoms with van der Waals surface area (Å²) in [5.41, 5.74) is 6.16. The summed E-state index contributed by atoms with van der Waals surface area (Å²) in [6.07, 6.45) is 0.965. The first-order valence-electron chi connectivity index (χ1n) is 6.75. The smallest absolute Gasteiger partial charge is 0.318 e. The van der Waals surface area contributed by atoms with E-state index in [0.717, 1.165) is 11.8 Å². The second kappa shape index (κ2) is 8.66. The maximum Gasteiger partial charge on any atom is 0.318 e. The fourth-order valence-corrected chi connectivity index (χ4v) is 1.55. The van der Waals surface area contributed by atoms with Gasteiger partial charge in [0.25, 0.3) is 0 Å². The predicted octanol–water partition coefficient (Wildman–Crippen LogP) is 2.82. The second-order valence-electron chi connectivity index (χ2n) is 3.86. The van der Waals surface area contributed by atoms with Crippen LogP contribution in [0.15, 0.2) is 24.4 Å². The average molecular weight is 309 g/mol. The van der Waals surface area contributed by atoms with Crippen molar-refractivity contribution in [3.05, 3.63) is 35.8 Å². The van der Waals surface area contributed by atoms with Crippen molar-refractivity contribution in [2.75, 3.05) is 20.0 Å². The first-order valence-corrected chi connectivity index (χ1v) is 6.75. The van der Waals surface area contributed by atoms with E-state index in [-0.39, 0.29) is 18.4 Å².